The number of hydrogen-bond acceptors (Lipinski definition) is 1. The van der Waals surface area contributed by atoms with Gasteiger partial charge in [0.15, 0.2) is 0 Å². The summed E-state index contributed by atoms with van der Waals surface area (Å²) in [5.41, 5.74) is -0.676. The van der Waals surface area contributed by atoms with E-state index in [1.54, 1.807) is 0 Å². The van der Waals surface area contributed by atoms with Crippen LogP contribution in [0.15, 0.2) is 16.6 Å². The maximum Gasteiger partial charge on any atom is 0.433 e. The molecule has 0 aliphatic rings. The number of alkyl halides is 3. The van der Waals surface area contributed by atoms with Gasteiger partial charge in [-0.05, 0) is 28.1 Å². The molecule has 0 unspecified atom stereocenters. The molecule has 0 saturated carbocycles. The third-order valence-corrected chi connectivity index (χ3v) is 3.08. The molecule has 2 aromatic rings. The summed E-state index contributed by atoms with van der Waals surface area (Å²) in [6, 6.07) is 2.66. The highest BCUT2D eigenvalue weighted by atomic mass is 79.9. The SMILES string of the molecule is FC(F)(F)c1[nH]nc2cc(Cl)c(Br)cc12. The third-order valence-electron chi connectivity index (χ3n) is 1.88. The van der Waals surface area contributed by atoms with Gasteiger partial charge in [0.1, 0.15) is 5.69 Å². The van der Waals surface area contributed by atoms with Gasteiger partial charge in [0.05, 0.1) is 10.5 Å². The first kappa shape index (κ1) is 10.8. The number of nitrogens with zero attached hydrogens (tertiary/aromatic N) is 1. The first-order valence-electron chi connectivity index (χ1n) is 3.80. The van der Waals surface area contributed by atoms with Crippen molar-refractivity contribution in [1.82, 2.24) is 10.2 Å². The molecule has 0 aliphatic heterocycles. The molecule has 1 aromatic heterocycles. The van der Waals surface area contributed by atoms with Crippen LogP contribution >= 0.6 is 27.5 Å². The number of aromatic nitrogens is 2. The van der Waals surface area contributed by atoms with E-state index in [9.17, 15) is 13.2 Å². The van der Waals surface area contributed by atoms with Crippen LogP contribution in [0.5, 0.6) is 0 Å². The number of nitrogens with one attached hydrogen (secondary N) is 1. The first-order valence-corrected chi connectivity index (χ1v) is 4.97. The molecule has 1 heterocycles. The van der Waals surface area contributed by atoms with Crippen LogP contribution in [0.25, 0.3) is 10.9 Å². The van der Waals surface area contributed by atoms with Gasteiger partial charge in [0.25, 0.3) is 0 Å². The molecule has 1 aromatic carbocycles. The second-order valence-electron chi connectivity index (χ2n) is 2.88. The second kappa shape index (κ2) is 3.38. The normalized spacial score (nSPS) is 12.3. The van der Waals surface area contributed by atoms with Crippen molar-refractivity contribution in [2.75, 3.05) is 0 Å². The van der Waals surface area contributed by atoms with Crippen LogP contribution in [-0.4, -0.2) is 10.2 Å². The zero-order chi connectivity index (χ0) is 11.2. The smallest absolute Gasteiger partial charge is 0.272 e. The second-order valence-corrected chi connectivity index (χ2v) is 4.14. The lowest BCUT2D eigenvalue weighted by molar-refractivity contribution is -0.139. The summed E-state index contributed by atoms with van der Waals surface area (Å²) < 4.78 is 37.8. The van der Waals surface area contributed by atoms with Crippen LogP contribution in [0.1, 0.15) is 5.69 Å². The number of halogens is 5. The lowest BCUT2D eigenvalue weighted by Gasteiger charge is -2.03. The highest BCUT2D eigenvalue weighted by Crippen LogP contribution is 2.36. The quantitative estimate of drug-likeness (QED) is 0.782. The Morgan fingerprint density at radius 3 is 2.60 bits per heavy atom. The molecule has 0 bridgehead atoms. The van der Waals surface area contributed by atoms with Gasteiger partial charge in [-0.25, -0.2) is 0 Å². The summed E-state index contributed by atoms with van der Waals surface area (Å²) >= 11 is 8.79. The monoisotopic (exact) mass is 298 g/mol. The molecular weight excluding hydrogens is 296 g/mol. The number of benzene rings is 1. The standard InChI is InChI=1S/C8H3BrClF3N2/c9-4-1-3-6(2-5(4)10)14-15-7(3)8(11,12)13/h1-2H,(H,14,15). The topological polar surface area (TPSA) is 28.7 Å². The fraction of sp³-hybridized carbons (Fsp3) is 0.125. The molecular formula is C8H3BrClF3N2. The lowest BCUT2D eigenvalue weighted by Crippen LogP contribution is -2.05. The van der Waals surface area contributed by atoms with Gasteiger partial charge in [-0.2, -0.15) is 18.3 Å². The van der Waals surface area contributed by atoms with Crippen LogP contribution in [0, 0.1) is 0 Å². The van der Waals surface area contributed by atoms with E-state index in [4.69, 9.17) is 11.6 Å². The molecule has 0 aliphatic carbocycles. The molecule has 0 atom stereocenters. The number of rotatable bonds is 0. The summed E-state index contributed by atoms with van der Waals surface area (Å²) in [7, 11) is 0. The number of H-pyrrole nitrogens is 1. The summed E-state index contributed by atoms with van der Waals surface area (Å²) in [6.45, 7) is 0. The minimum absolute atomic E-state index is 0.00113. The van der Waals surface area contributed by atoms with Crippen LogP contribution in [-0.2, 0) is 6.18 Å². The highest BCUT2D eigenvalue weighted by Gasteiger charge is 2.35. The molecule has 80 valence electrons. The molecule has 0 amide bonds. The van der Waals surface area contributed by atoms with E-state index in [2.05, 4.69) is 21.0 Å². The Labute approximate surface area is 95.5 Å². The molecule has 2 rings (SSSR count). The van der Waals surface area contributed by atoms with Crippen molar-refractivity contribution >= 4 is 38.4 Å². The largest absolute Gasteiger partial charge is 0.433 e. The fourth-order valence-electron chi connectivity index (χ4n) is 1.22. The molecule has 0 spiro atoms. The van der Waals surface area contributed by atoms with Gasteiger partial charge < -0.3 is 0 Å². The Morgan fingerprint density at radius 1 is 1.33 bits per heavy atom. The van der Waals surface area contributed by atoms with Crippen molar-refractivity contribution in [2.24, 2.45) is 0 Å². The number of hydrogen-bond donors (Lipinski definition) is 1. The van der Waals surface area contributed by atoms with Crippen molar-refractivity contribution < 1.29 is 13.2 Å². The van der Waals surface area contributed by atoms with E-state index in [0.29, 0.717) is 9.50 Å². The molecule has 0 saturated heterocycles. The molecule has 7 heteroatoms. The minimum Gasteiger partial charge on any atom is -0.272 e. The Morgan fingerprint density at radius 2 is 2.00 bits per heavy atom. The van der Waals surface area contributed by atoms with Crippen LogP contribution in [0.3, 0.4) is 0 Å². The Kier molecular flexibility index (Phi) is 2.42. The zero-order valence-electron chi connectivity index (χ0n) is 6.99. The van der Waals surface area contributed by atoms with Crippen molar-refractivity contribution in [3.63, 3.8) is 0 Å². The fourth-order valence-corrected chi connectivity index (χ4v) is 1.72. The summed E-state index contributed by atoms with van der Waals surface area (Å²) in [4.78, 5) is 0. The van der Waals surface area contributed by atoms with Gasteiger partial charge in [0.2, 0.25) is 0 Å². The Hall–Kier alpha value is -0.750. The summed E-state index contributed by atoms with van der Waals surface area (Å²) in [5, 5.41) is 5.81. The van der Waals surface area contributed by atoms with Gasteiger partial charge in [-0.3, -0.25) is 5.10 Å². The van der Waals surface area contributed by atoms with Gasteiger partial charge in [-0.1, -0.05) is 11.6 Å². The van der Waals surface area contributed by atoms with E-state index in [-0.39, 0.29) is 10.9 Å². The minimum atomic E-state index is -4.44. The van der Waals surface area contributed by atoms with E-state index in [0.717, 1.165) is 0 Å². The van der Waals surface area contributed by atoms with Crippen molar-refractivity contribution in [1.29, 1.82) is 0 Å². The van der Waals surface area contributed by atoms with Crippen LogP contribution in [0.4, 0.5) is 13.2 Å². The van der Waals surface area contributed by atoms with Crippen LogP contribution in [0.2, 0.25) is 5.02 Å². The highest BCUT2D eigenvalue weighted by molar-refractivity contribution is 9.10. The molecule has 15 heavy (non-hydrogen) atoms. The van der Waals surface area contributed by atoms with E-state index >= 15 is 0 Å². The zero-order valence-corrected chi connectivity index (χ0v) is 9.33. The van der Waals surface area contributed by atoms with Crippen molar-refractivity contribution in [2.45, 2.75) is 6.18 Å². The van der Waals surface area contributed by atoms with Gasteiger partial charge in [-0.15, -0.1) is 0 Å². The Bertz CT molecular complexity index is 520. The predicted octanol–water partition coefficient (Wildman–Crippen LogP) is 4.00. The average molecular weight is 299 g/mol. The average Bonchev–Trinajstić information content (AvgIpc) is 2.47. The summed E-state index contributed by atoms with van der Waals surface area (Å²) in [5.74, 6) is 0. The predicted molar refractivity (Wildman–Crippen MR) is 53.8 cm³/mol. The maximum absolute atomic E-state index is 12.5. The molecule has 0 fully saturated rings. The number of fused-ring (bicyclic) bond motifs is 1. The molecule has 2 nitrogen and oxygen atoms in total. The molecule has 0 radical (unpaired) electrons. The van der Waals surface area contributed by atoms with Gasteiger partial charge >= 0.3 is 6.18 Å². The van der Waals surface area contributed by atoms with E-state index < -0.39 is 11.9 Å². The van der Waals surface area contributed by atoms with E-state index in [1.807, 2.05) is 5.10 Å². The third kappa shape index (κ3) is 1.83. The lowest BCUT2D eigenvalue weighted by atomic mass is 10.2. The van der Waals surface area contributed by atoms with Crippen molar-refractivity contribution in [3.8, 4) is 0 Å². The number of aromatic amines is 1. The maximum atomic E-state index is 12.5. The van der Waals surface area contributed by atoms with Crippen LogP contribution < -0.4 is 0 Å². The molecule has 1 N–H and O–H groups in total. The van der Waals surface area contributed by atoms with Gasteiger partial charge in [0, 0.05) is 9.86 Å². The first-order chi connectivity index (χ1) is 6.89. The van der Waals surface area contributed by atoms with Crippen molar-refractivity contribution in [3.05, 3.63) is 27.3 Å². The Balaban J connectivity index is 2.75. The summed E-state index contributed by atoms with van der Waals surface area (Å²) in [6.07, 6.45) is -4.44. The van der Waals surface area contributed by atoms with E-state index in [1.165, 1.54) is 12.1 Å².